The lowest BCUT2D eigenvalue weighted by Crippen LogP contribution is -2.27. The molecule has 2 aliphatic heterocycles. The number of rotatable bonds is 4. The molecule has 2 amide bonds. The Kier molecular flexibility index (Phi) is 4.62. The highest BCUT2D eigenvalue weighted by atomic mass is 16.2. The van der Waals surface area contributed by atoms with E-state index in [2.05, 4.69) is 16.5 Å². The monoisotopic (exact) mass is 400 g/mol. The summed E-state index contributed by atoms with van der Waals surface area (Å²) in [6.07, 6.45) is 4.82. The lowest BCUT2D eigenvalue weighted by atomic mass is 10.1. The summed E-state index contributed by atoms with van der Waals surface area (Å²) in [5, 5.41) is 2.95. The third-order valence-electron chi connectivity index (χ3n) is 5.99. The molecule has 5 rings (SSSR count). The number of fused-ring (bicyclic) bond motifs is 4. The molecule has 152 valence electrons. The zero-order valence-electron chi connectivity index (χ0n) is 16.9. The number of carbonyl (C=O) groups is 2. The Morgan fingerprint density at radius 1 is 1.10 bits per heavy atom. The molecule has 2 aliphatic rings. The Balaban J connectivity index is 1.25. The first kappa shape index (κ1) is 18.6. The van der Waals surface area contributed by atoms with E-state index in [1.54, 1.807) is 11.0 Å². The molecule has 6 heteroatoms. The van der Waals surface area contributed by atoms with Crippen LogP contribution in [0.3, 0.4) is 0 Å². The normalized spacial score (nSPS) is 15.8. The van der Waals surface area contributed by atoms with E-state index in [4.69, 9.17) is 4.98 Å². The fraction of sp³-hybridized carbons (Fsp3) is 0.292. The molecular weight excluding hydrogens is 376 g/mol. The highest BCUT2D eigenvalue weighted by Gasteiger charge is 2.30. The smallest absolute Gasteiger partial charge is 0.258 e. The average molecular weight is 400 g/mol. The molecule has 0 bridgehead atoms. The average Bonchev–Trinajstić information content (AvgIpc) is 3.09. The van der Waals surface area contributed by atoms with Gasteiger partial charge in [0.15, 0.2) is 0 Å². The molecular formula is C24H24N4O2. The zero-order chi connectivity index (χ0) is 20.7. The van der Waals surface area contributed by atoms with Crippen LogP contribution < -0.4 is 5.32 Å². The van der Waals surface area contributed by atoms with Crippen molar-refractivity contribution in [1.82, 2.24) is 14.5 Å². The summed E-state index contributed by atoms with van der Waals surface area (Å²) in [4.78, 5) is 31.5. The van der Waals surface area contributed by atoms with Crippen LogP contribution in [0.1, 0.15) is 47.4 Å². The van der Waals surface area contributed by atoms with Gasteiger partial charge in [0.2, 0.25) is 5.91 Å². The Labute approximate surface area is 175 Å². The van der Waals surface area contributed by atoms with Crippen molar-refractivity contribution in [3.05, 3.63) is 66.0 Å². The number of aromatic nitrogens is 2. The fourth-order valence-corrected chi connectivity index (χ4v) is 4.44. The van der Waals surface area contributed by atoms with Crippen molar-refractivity contribution in [2.24, 2.45) is 0 Å². The number of imidazole rings is 1. The first-order valence-corrected chi connectivity index (χ1v) is 10.5. The topological polar surface area (TPSA) is 67.2 Å². The van der Waals surface area contributed by atoms with Crippen LogP contribution >= 0.6 is 0 Å². The minimum atomic E-state index is -0.133. The van der Waals surface area contributed by atoms with E-state index in [-0.39, 0.29) is 18.2 Å². The van der Waals surface area contributed by atoms with Gasteiger partial charge in [0, 0.05) is 48.4 Å². The van der Waals surface area contributed by atoms with E-state index in [1.165, 1.54) is 19.3 Å². The zero-order valence-corrected chi connectivity index (χ0v) is 16.9. The molecule has 1 N–H and O–H groups in total. The Hall–Kier alpha value is -3.41. The van der Waals surface area contributed by atoms with Crippen molar-refractivity contribution in [2.75, 3.05) is 11.9 Å². The van der Waals surface area contributed by atoms with Gasteiger partial charge in [-0.3, -0.25) is 9.59 Å². The summed E-state index contributed by atoms with van der Waals surface area (Å²) in [7, 11) is 0. The molecule has 0 atom stereocenters. The Bertz CT molecular complexity index is 1140. The van der Waals surface area contributed by atoms with Gasteiger partial charge >= 0.3 is 0 Å². The third kappa shape index (κ3) is 3.18. The van der Waals surface area contributed by atoms with Gasteiger partial charge < -0.3 is 14.8 Å². The lowest BCUT2D eigenvalue weighted by molar-refractivity contribution is -0.116. The van der Waals surface area contributed by atoms with E-state index >= 15 is 0 Å². The van der Waals surface area contributed by atoms with Gasteiger partial charge in [-0.25, -0.2) is 4.98 Å². The van der Waals surface area contributed by atoms with Gasteiger partial charge in [0.1, 0.15) is 5.82 Å². The lowest BCUT2D eigenvalue weighted by Gasteiger charge is -2.17. The standard InChI is InChI=1S/C24H24N4O2/c1-16-18-7-4-5-8-19(18)24(30)27(16)14-12-23(29)25-17-10-11-21-20(15-17)26-22-9-3-2-6-13-28(21)22/h4-5,7-8,10-11,15H,1-3,6,9,12-14H2,(H,25,29). The second-order valence-corrected chi connectivity index (χ2v) is 7.94. The summed E-state index contributed by atoms with van der Waals surface area (Å²) in [5.74, 6) is 0.910. The highest BCUT2D eigenvalue weighted by Crippen LogP contribution is 2.31. The van der Waals surface area contributed by atoms with Crippen molar-refractivity contribution >= 4 is 34.2 Å². The van der Waals surface area contributed by atoms with E-state index in [0.717, 1.165) is 41.1 Å². The molecule has 0 saturated carbocycles. The van der Waals surface area contributed by atoms with Crippen LogP contribution in [-0.4, -0.2) is 32.8 Å². The number of hydrogen-bond donors (Lipinski definition) is 1. The Morgan fingerprint density at radius 3 is 2.77 bits per heavy atom. The maximum Gasteiger partial charge on any atom is 0.258 e. The maximum absolute atomic E-state index is 12.6. The van der Waals surface area contributed by atoms with Crippen molar-refractivity contribution < 1.29 is 9.59 Å². The van der Waals surface area contributed by atoms with Gasteiger partial charge in [0.05, 0.1) is 11.0 Å². The number of benzene rings is 2. The predicted molar refractivity (Wildman–Crippen MR) is 117 cm³/mol. The number of aryl methyl sites for hydroxylation is 2. The second-order valence-electron chi connectivity index (χ2n) is 7.94. The minimum Gasteiger partial charge on any atom is -0.328 e. The number of nitrogens with one attached hydrogen (secondary N) is 1. The van der Waals surface area contributed by atoms with E-state index < -0.39 is 0 Å². The van der Waals surface area contributed by atoms with Crippen molar-refractivity contribution in [2.45, 2.75) is 38.6 Å². The molecule has 0 unspecified atom stereocenters. The molecule has 2 aromatic carbocycles. The van der Waals surface area contributed by atoms with Crippen molar-refractivity contribution in [3.63, 3.8) is 0 Å². The summed E-state index contributed by atoms with van der Waals surface area (Å²) < 4.78 is 2.30. The molecule has 0 fully saturated rings. The molecule has 6 nitrogen and oxygen atoms in total. The first-order chi connectivity index (χ1) is 14.6. The van der Waals surface area contributed by atoms with Crippen LogP contribution in [0.25, 0.3) is 16.7 Å². The summed E-state index contributed by atoms with van der Waals surface area (Å²) >= 11 is 0. The van der Waals surface area contributed by atoms with Gasteiger partial charge in [-0.1, -0.05) is 31.2 Å². The van der Waals surface area contributed by atoms with Crippen molar-refractivity contribution in [3.8, 4) is 0 Å². The van der Waals surface area contributed by atoms with Crippen LogP contribution in [0.4, 0.5) is 5.69 Å². The summed E-state index contributed by atoms with van der Waals surface area (Å²) in [6, 6.07) is 13.3. The number of amides is 2. The molecule has 3 aromatic rings. The molecule has 0 aliphatic carbocycles. The highest BCUT2D eigenvalue weighted by molar-refractivity contribution is 6.09. The van der Waals surface area contributed by atoms with Gasteiger partial charge in [-0.2, -0.15) is 0 Å². The van der Waals surface area contributed by atoms with Crippen LogP contribution in [0.2, 0.25) is 0 Å². The van der Waals surface area contributed by atoms with Gasteiger partial charge in [-0.15, -0.1) is 0 Å². The predicted octanol–water partition coefficient (Wildman–Crippen LogP) is 4.22. The Morgan fingerprint density at radius 2 is 1.93 bits per heavy atom. The number of nitrogens with zero attached hydrogens (tertiary/aromatic N) is 3. The third-order valence-corrected chi connectivity index (χ3v) is 5.99. The summed E-state index contributed by atoms with van der Waals surface area (Å²) in [5.41, 5.74) is 4.92. The van der Waals surface area contributed by atoms with Crippen LogP contribution in [0, 0.1) is 0 Å². The van der Waals surface area contributed by atoms with Crippen LogP contribution in [-0.2, 0) is 17.8 Å². The quantitative estimate of drug-likeness (QED) is 0.713. The van der Waals surface area contributed by atoms with Gasteiger partial charge in [0.25, 0.3) is 5.91 Å². The van der Waals surface area contributed by atoms with E-state index in [9.17, 15) is 9.59 Å². The molecule has 0 saturated heterocycles. The SMILES string of the molecule is C=C1c2ccccc2C(=O)N1CCC(=O)Nc1ccc2c(c1)nc1n2CCCCC1. The number of anilines is 1. The molecule has 1 aromatic heterocycles. The number of carbonyl (C=O) groups excluding carboxylic acids is 2. The van der Waals surface area contributed by atoms with Crippen molar-refractivity contribution in [1.29, 1.82) is 0 Å². The van der Waals surface area contributed by atoms with Gasteiger partial charge in [-0.05, 0) is 37.1 Å². The molecule has 30 heavy (non-hydrogen) atoms. The largest absolute Gasteiger partial charge is 0.328 e. The maximum atomic E-state index is 12.6. The molecule has 0 radical (unpaired) electrons. The van der Waals surface area contributed by atoms with Crippen LogP contribution in [0.15, 0.2) is 49.0 Å². The number of hydrogen-bond acceptors (Lipinski definition) is 3. The second kappa shape index (κ2) is 7.44. The van der Waals surface area contributed by atoms with E-state index in [0.29, 0.717) is 17.8 Å². The minimum absolute atomic E-state index is 0.0932. The fourth-order valence-electron chi connectivity index (χ4n) is 4.44. The summed E-state index contributed by atoms with van der Waals surface area (Å²) in [6.45, 7) is 5.34. The molecule has 3 heterocycles. The van der Waals surface area contributed by atoms with Crippen LogP contribution in [0.5, 0.6) is 0 Å². The first-order valence-electron chi connectivity index (χ1n) is 10.5. The molecule has 0 spiro atoms. The van der Waals surface area contributed by atoms with E-state index in [1.807, 2.05) is 36.4 Å².